The van der Waals surface area contributed by atoms with E-state index in [1.54, 1.807) is 18.2 Å². The summed E-state index contributed by atoms with van der Waals surface area (Å²) in [6.07, 6.45) is -0.306. The molecule has 0 saturated heterocycles. The van der Waals surface area contributed by atoms with Crippen molar-refractivity contribution in [3.63, 3.8) is 0 Å². The van der Waals surface area contributed by atoms with Gasteiger partial charge in [0, 0.05) is 41.2 Å². The van der Waals surface area contributed by atoms with Gasteiger partial charge in [-0.3, -0.25) is 9.59 Å². The quantitative estimate of drug-likeness (QED) is 0.419. The largest absolute Gasteiger partial charge is 0.496 e. The zero-order valence-corrected chi connectivity index (χ0v) is 18.7. The molecule has 3 rings (SSSR count). The number of pyridine rings is 1. The van der Waals surface area contributed by atoms with Crippen LogP contribution in [-0.4, -0.2) is 35.1 Å². The number of benzene rings is 2. The summed E-state index contributed by atoms with van der Waals surface area (Å²) in [6, 6.07) is 8.54. The third-order valence-corrected chi connectivity index (χ3v) is 4.81. The fourth-order valence-corrected chi connectivity index (χ4v) is 3.25. The number of methoxy groups -OCH3 is 1. The van der Waals surface area contributed by atoms with Crippen LogP contribution in [0.15, 0.2) is 48.7 Å². The van der Waals surface area contributed by atoms with Crippen LogP contribution in [0.25, 0.3) is 11.1 Å². The van der Waals surface area contributed by atoms with E-state index in [9.17, 15) is 23.5 Å². The van der Waals surface area contributed by atoms with E-state index >= 15 is 0 Å². The number of carbonyl (C=O) groups is 2. The Morgan fingerprint density at radius 3 is 2.38 bits per heavy atom. The zero-order chi connectivity index (χ0) is 25.0. The van der Waals surface area contributed by atoms with E-state index in [1.807, 2.05) is 13.8 Å². The van der Waals surface area contributed by atoms with Crippen molar-refractivity contribution in [3.05, 3.63) is 71.4 Å². The lowest BCUT2D eigenvalue weighted by molar-refractivity contribution is -0.124. The van der Waals surface area contributed by atoms with Crippen LogP contribution >= 0.6 is 0 Å². The molecular formula is C24H24F2N4O4. The summed E-state index contributed by atoms with van der Waals surface area (Å²) >= 11 is 0. The van der Waals surface area contributed by atoms with Crippen LogP contribution in [0.2, 0.25) is 0 Å². The van der Waals surface area contributed by atoms with E-state index in [4.69, 9.17) is 10.5 Å². The van der Waals surface area contributed by atoms with Gasteiger partial charge in [-0.25, -0.2) is 13.8 Å². The number of aliphatic hydroxyl groups is 1. The maximum absolute atomic E-state index is 13.4. The second kappa shape index (κ2) is 10.3. The van der Waals surface area contributed by atoms with Crippen molar-refractivity contribution in [2.45, 2.75) is 26.0 Å². The van der Waals surface area contributed by atoms with Gasteiger partial charge in [-0.15, -0.1) is 0 Å². The Hall–Kier alpha value is -4.05. The normalized spacial score (nSPS) is 11.7. The number of nitrogens with one attached hydrogen (secondary N) is 2. The van der Waals surface area contributed by atoms with Crippen molar-refractivity contribution in [3.8, 4) is 16.9 Å². The predicted molar refractivity (Wildman–Crippen MR) is 123 cm³/mol. The van der Waals surface area contributed by atoms with Gasteiger partial charge in [-0.1, -0.05) is 0 Å². The molecule has 0 aliphatic carbocycles. The molecule has 1 heterocycles. The number of halogens is 2. The maximum Gasteiger partial charge on any atom is 0.257 e. The molecular weight excluding hydrogens is 446 g/mol. The van der Waals surface area contributed by atoms with E-state index in [2.05, 4.69) is 15.6 Å². The van der Waals surface area contributed by atoms with Gasteiger partial charge < -0.3 is 26.2 Å². The third kappa shape index (κ3) is 5.65. The van der Waals surface area contributed by atoms with Crippen LogP contribution in [0.5, 0.6) is 5.75 Å². The van der Waals surface area contributed by atoms with Gasteiger partial charge in [0.2, 0.25) is 0 Å². The van der Waals surface area contributed by atoms with Crippen LogP contribution in [0.1, 0.15) is 35.9 Å². The van der Waals surface area contributed by atoms with Crippen molar-refractivity contribution < 1.29 is 28.2 Å². The predicted octanol–water partition coefficient (Wildman–Crippen LogP) is 3.43. The average Bonchev–Trinajstić information content (AvgIpc) is 2.77. The average molecular weight is 470 g/mol. The number of hydrogen-bond donors (Lipinski definition) is 4. The molecule has 1 atom stereocenters. The summed E-state index contributed by atoms with van der Waals surface area (Å²) in [5, 5.41) is 15.4. The molecule has 2 amide bonds. The highest BCUT2D eigenvalue weighted by Gasteiger charge is 2.20. The molecule has 0 aliphatic rings. The summed E-state index contributed by atoms with van der Waals surface area (Å²) in [4.78, 5) is 29.0. The number of nitrogens with two attached hydrogens (primary N) is 1. The SMILES string of the molecule is COc1cc(NC(=O)C(O)c2cc(F)cc(F)c2)ccc1-c1cnc(N)c(C(=O)NC(C)C)c1. The number of aromatic nitrogens is 1. The van der Waals surface area contributed by atoms with Crippen LogP contribution < -0.4 is 21.1 Å². The first-order valence-corrected chi connectivity index (χ1v) is 10.3. The molecule has 0 saturated carbocycles. The summed E-state index contributed by atoms with van der Waals surface area (Å²) in [5.41, 5.74) is 7.23. The number of nitrogens with zero attached hydrogens (tertiary/aromatic N) is 1. The van der Waals surface area contributed by atoms with E-state index in [-0.39, 0.29) is 34.6 Å². The molecule has 0 bridgehead atoms. The van der Waals surface area contributed by atoms with Gasteiger partial charge >= 0.3 is 0 Å². The second-order valence-electron chi connectivity index (χ2n) is 7.79. The lowest BCUT2D eigenvalue weighted by Crippen LogP contribution is -2.30. The third-order valence-electron chi connectivity index (χ3n) is 4.81. The summed E-state index contributed by atoms with van der Waals surface area (Å²) < 4.78 is 32.2. The Morgan fingerprint density at radius 1 is 1.09 bits per heavy atom. The number of carbonyl (C=O) groups excluding carboxylic acids is 2. The maximum atomic E-state index is 13.4. The minimum Gasteiger partial charge on any atom is -0.496 e. The summed E-state index contributed by atoms with van der Waals surface area (Å²) in [6.45, 7) is 3.65. The number of anilines is 2. The van der Waals surface area contributed by atoms with E-state index in [0.29, 0.717) is 22.9 Å². The van der Waals surface area contributed by atoms with Crippen molar-refractivity contribution >= 4 is 23.3 Å². The minimum atomic E-state index is -1.79. The van der Waals surface area contributed by atoms with Gasteiger partial charge in [-0.2, -0.15) is 0 Å². The smallest absolute Gasteiger partial charge is 0.257 e. The minimum absolute atomic E-state index is 0.0764. The Kier molecular flexibility index (Phi) is 7.42. The first-order chi connectivity index (χ1) is 16.1. The number of aliphatic hydroxyl groups excluding tert-OH is 1. The Morgan fingerprint density at radius 2 is 1.76 bits per heavy atom. The molecule has 3 aromatic rings. The van der Waals surface area contributed by atoms with Crippen LogP contribution in [-0.2, 0) is 4.79 Å². The molecule has 2 aromatic carbocycles. The molecule has 1 aromatic heterocycles. The summed E-state index contributed by atoms with van der Waals surface area (Å²) in [7, 11) is 1.42. The van der Waals surface area contributed by atoms with Crippen molar-refractivity contribution in [1.82, 2.24) is 10.3 Å². The van der Waals surface area contributed by atoms with Gasteiger partial charge in [0.05, 0.1) is 12.7 Å². The lowest BCUT2D eigenvalue weighted by Gasteiger charge is -2.15. The summed E-state index contributed by atoms with van der Waals surface area (Å²) in [5.74, 6) is -2.66. The molecule has 0 spiro atoms. The molecule has 34 heavy (non-hydrogen) atoms. The second-order valence-corrected chi connectivity index (χ2v) is 7.79. The molecule has 0 fully saturated rings. The standard InChI is InChI=1S/C24H24F2N4O4/c1-12(2)29-23(32)19-8-14(11-28-22(19)27)18-5-4-17(10-20(18)34-3)30-24(33)21(31)13-6-15(25)9-16(26)7-13/h4-12,21,31H,1-3H3,(H2,27,28)(H,29,32)(H,30,33). The van der Waals surface area contributed by atoms with Crippen LogP contribution in [0.4, 0.5) is 20.3 Å². The van der Waals surface area contributed by atoms with Gasteiger partial charge in [0.25, 0.3) is 11.8 Å². The number of hydrogen-bond acceptors (Lipinski definition) is 6. The highest BCUT2D eigenvalue weighted by molar-refractivity contribution is 6.00. The fraction of sp³-hybridized carbons (Fsp3) is 0.208. The van der Waals surface area contributed by atoms with Crippen LogP contribution in [0.3, 0.4) is 0 Å². The van der Waals surface area contributed by atoms with Crippen molar-refractivity contribution in [2.24, 2.45) is 0 Å². The topological polar surface area (TPSA) is 127 Å². The highest BCUT2D eigenvalue weighted by atomic mass is 19.1. The van der Waals surface area contributed by atoms with Gasteiger partial charge in [0.1, 0.15) is 23.2 Å². The molecule has 0 radical (unpaired) electrons. The van der Waals surface area contributed by atoms with E-state index in [0.717, 1.165) is 12.1 Å². The highest BCUT2D eigenvalue weighted by Crippen LogP contribution is 2.33. The number of amides is 2. The monoisotopic (exact) mass is 470 g/mol. The molecule has 178 valence electrons. The zero-order valence-electron chi connectivity index (χ0n) is 18.7. The fourth-order valence-electron chi connectivity index (χ4n) is 3.25. The number of ether oxygens (including phenoxy) is 1. The Balaban J connectivity index is 1.86. The van der Waals surface area contributed by atoms with Gasteiger partial charge in [0.15, 0.2) is 6.10 Å². The Bertz CT molecular complexity index is 1210. The molecule has 5 N–H and O–H groups in total. The first-order valence-electron chi connectivity index (χ1n) is 10.3. The molecule has 0 aliphatic heterocycles. The van der Waals surface area contributed by atoms with Crippen molar-refractivity contribution in [1.29, 1.82) is 0 Å². The van der Waals surface area contributed by atoms with Crippen molar-refractivity contribution in [2.75, 3.05) is 18.2 Å². The molecule has 1 unspecified atom stereocenters. The lowest BCUT2D eigenvalue weighted by atomic mass is 10.0. The van der Waals surface area contributed by atoms with Crippen LogP contribution in [0, 0.1) is 11.6 Å². The first kappa shape index (κ1) is 24.6. The number of nitrogen functional groups attached to an aromatic ring is 1. The Labute approximate surface area is 194 Å². The molecule has 10 heteroatoms. The molecule has 8 nitrogen and oxygen atoms in total. The van der Waals surface area contributed by atoms with Gasteiger partial charge in [-0.05, 0) is 49.7 Å². The van der Waals surface area contributed by atoms with E-state index < -0.39 is 23.6 Å². The number of rotatable bonds is 7. The van der Waals surface area contributed by atoms with E-state index in [1.165, 1.54) is 19.4 Å².